The van der Waals surface area contributed by atoms with Gasteiger partial charge in [-0.25, -0.2) is 9.18 Å². The third-order valence-electron chi connectivity index (χ3n) is 4.90. The van der Waals surface area contributed by atoms with Gasteiger partial charge >= 0.3 is 11.9 Å². The van der Waals surface area contributed by atoms with Gasteiger partial charge in [-0.15, -0.1) is 0 Å². The van der Waals surface area contributed by atoms with Crippen LogP contribution in [0.25, 0.3) is 0 Å². The molecule has 23 heavy (non-hydrogen) atoms. The largest absolute Gasteiger partial charge is 0.480 e. The summed E-state index contributed by atoms with van der Waals surface area (Å²) in [5, 5.41) is 18.9. The number of carboxylic acids is 2. The first kappa shape index (κ1) is 16.2. The molecule has 5 atom stereocenters. The third-order valence-corrected chi connectivity index (χ3v) is 5.27. The van der Waals surface area contributed by atoms with Gasteiger partial charge in [0, 0.05) is 16.9 Å². The van der Waals surface area contributed by atoms with Crippen molar-refractivity contribution < 1.29 is 28.9 Å². The Labute approximate surface area is 136 Å². The van der Waals surface area contributed by atoms with E-state index in [1.165, 1.54) is 0 Å². The van der Waals surface area contributed by atoms with E-state index in [1.54, 1.807) is 24.3 Å². The SMILES string of the molecule is N[C@]1(C(=O)O)[C@H]2[C@@H](C[C@H]1OCc1ccccc1Cl)[C@]2(F)C(=O)O. The molecule has 124 valence electrons. The fourth-order valence-corrected chi connectivity index (χ4v) is 3.80. The Balaban J connectivity index is 1.79. The quantitative estimate of drug-likeness (QED) is 0.746. The van der Waals surface area contributed by atoms with Gasteiger partial charge in [-0.3, -0.25) is 4.79 Å². The molecule has 0 amide bonds. The van der Waals surface area contributed by atoms with Crippen LogP contribution in [-0.4, -0.2) is 39.5 Å². The van der Waals surface area contributed by atoms with Gasteiger partial charge < -0.3 is 20.7 Å². The predicted octanol–water partition coefficient (Wildman–Crippen LogP) is 1.45. The van der Waals surface area contributed by atoms with Gasteiger partial charge in [0.2, 0.25) is 5.67 Å². The van der Waals surface area contributed by atoms with Crippen LogP contribution in [0.3, 0.4) is 0 Å². The van der Waals surface area contributed by atoms with E-state index in [1.807, 2.05) is 0 Å². The summed E-state index contributed by atoms with van der Waals surface area (Å²) in [6.07, 6.45) is -1.03. The Hall–Kier alpha value is -1.70. The fraction of sp³-hybridized carbons (Fsp3) is 0.467. The lowest BCUT2D eigenvalue weighted by Crippen LogP contribution is -2.60. The Morgan fingerprint density at radius 1 is 1.35 bits per heavy atom. The van der Waals surface area contributed by atoms with Crippen LogP contribution in [0.15, 0.2) is 24.3 Å². The maximum absolute atomic E-state index is 14.4. The van der Waals surface area contributed by atoms with E-state index in [0.29, 0.717) is 10.6 Å². The molecule has 2 fully saturated rings. The normalized spacial score (nSPS) is 38.1. The van der Waals surface area contributed by atoms with Crippen molar-refractivity contribution in [3.05, 3.63) is 34.9 Å². The highest BCUT2D eigenvalue weighted by molar-refractivity contribution is 6.31. The molecule has 0 radical (unpaired) electrons. The Kier molecular flexibility index (Phi) is 3.62. The first-order valence-electron chi connectivity index (χ1n) is 7.03. The number of carboxylic acid groups (broad SMARTS) is 2. The molecule has 0 heterocycles. The lowest BCUT2D eigenvalue weighted by atomic mass is 9.88. The number of alkyl halides is 1. The van der Waals surface area contributed by atoms with Crippen molar-refractivity contribution in [1.82, 2.24) is 0 Å². The van der Waals surface area contributed by atoms with Crippen LogP contribution in [0.4, 0.5) is 4.39 Å². The summed E-state index contributed by atoms with van der Waals surface area (Å²) < 4.78 is 19.9. The van der Waals surface area contributed by atoms with Crippen LogP contribution in [0.1, 0.15) is 12.0 Å². The van der Waals surface area contributed by atoms with Crippen molar-refractivity contribution in [3.8, 4) is 0 Å². The summed E-state index contributed by atoms with van der Waals surface area (Å²) in [5.74, 6) is -5.37. The van der Waals surface area contributed by atoms with E-state index in [9.17, 15) is 19.1 Å². The minimum atomic E-state index is -2.59. The van der Waals surface area contributed by atoms with Gasteiger partial charge in [0.1, 0.15) is 5.54 Å². The summed E-state index contributed by atoms with van der Waals surface area (Å²) >= 11 is 6.00. The average molecular weight is 344 g/mol. The van der Waals surface area contributed by atoms with Crippen LogP contribution >= 0.6 is 11.6 Å². The predicted molar refractivity (Wildman–Crippen MR) is 77.7 cm³/mol. The molecule has 1 aromatic carbocycles. The van der Waals surface area contributed by atoms with E-state index in [0.717, 1.165) is 0 Å². The molecule has 0 spiro atoms. The zero-order chi connectivity index (χ0) is 17.0. The number of hydrogen-bond acceptors (Lipinski definition) is 4. The van der Waals surface area contributed by atoms with Gasteiger partial charge in [0.15, 0.2) is 0 Å². The first-order valence-corrected chi connectivity index (χ1v) is 7.41. The monoisotopic (exact) mass is 343 g/mol. The number of benzene rings is 1. The minimum Gasteiger partial charge on any atom is -0.480 e. The van der Waals surface area contributed by atoms with Crippen LogP contribution in [-0.2, 0) is 20.9 Å². The van der Waals surface area contributed by atoms with E-state index < -0.39 is 41.1 Å². The number of hydrogen-bond donors (Lipinski definition) is 3. The molecule has 1 aromatic rings. The number of fused-ring (bicyclic) bond motifs is 1. The second-order valence-corrected chi connectivity index (χ2v) is 6.43. The summed E-state index contributed by atoms with van der Waals surface area (Å²) in [6, 6.07) is 6.87. The third kappa shape index (κ3) is 2.14. The molecule has 0 unspecified atom stereocenters. The number of rotatable bonds is 5. The molecule has 2 aliphatic carbocycles. The summed E-state index contributed by atoms with van der Waals surface area (Å²) in [7, 11) is 0. The minimum absolute atomic E-state index is 0.0162. The molecule has 0 bridgehead atoms. The maximum atomic E-state index is 14.4. The number of aliphatic carboxylic acids is 2. The van der Waals surface area contributed by atoms with E-state index in [2.05, 4.69) is 0 Å². The topological polar surface area (TPSA) is 110 Å². The van der Waals surface area contributed by atoms with Crippen molar-refractivity contribution >= 4 is 23.5 Å². The summed E-state index contributed by atoms with van der Waals surface area (Å²) in [4.78, 5) is 22.6. The molecule has 6 nitrogen and oxygen atoms in total. The number of nitrogens with two attached hydrogens (primary N) is 1. The van der Waals surface area contributed by atoms with Crippen molar-refractivity contribution in [2.45, 2.75) is 30.3 Å². The van der Waals surface area contributed by atoms with Crippen molar-refractivity contribution in [2.24, 2.45) is 17.6 Å². The van der Waals surface area contributed by atoms with Gasteiger partial charge in [0.05, 0.1) is 12.7 Å². The second kappa shape index (κ2) is 5.15. The summed E-state index contributed by atoms with van der Waals surface area (Å²) in [6.45, 7) is 0.0162. The van der Waals surface area contributed by atoms with Crippen molar-refractivity contribution in [2.75, 3.05) is 0 Å². The van der Waals surface area contributed by atoms with E-state index >= 15 is 0 Å². The maximum Gasteiger partial charge on any atom is 0.342 e. The molecule has 0 aliphatic heterocycles. The molecular formula is C15H15ClFNO5. The summed E-state index contributed by atoms with van der Waals surface area (Å²) in [5.41, 5.74) is 1.88. The molecule has 2 aliphatic rings. The van der Waals surface area contributed by atoms with Crippen molar-refractivity contribution in [3.63, 3.8) is 0 Å². The molecule has 0 aromatic heterocycles. The number of ether oxygens (including phenoxy) is 1. The molecule has 3 rings (SSSR count). The Morgan fingerprint density at radius 2 is 2.00 bits per heavy atom. The van der Waals surface area contributed by atoms with Gasteiger partial charge in [-0.2, -0.15) is 0 Å². The highest BCUT2D eigenvalue weighted by Crippen LogP contribution is 2.67. The molecule has 2 saturated carbocycles. The highest BCUT2D eigenvalue weighted by atomic mass is 35.5. The van der Waals surface area contributed by atoms with Crippen LogP contribution in [0, 0.1) is 11.8 Å². The van der Waals surface area contributed by atoms with E-state index in [-0.39, 0.29) is 13.0 Å². The second-order valence-electron chi connectivity index (χ2n) is 6.02. The first-order chi connectivity index (χ1) is 10.7. The fourth-order valence-electron chi connectivity index (χ4n) is 3.61. The smallest absolute Gasteiger partial charge is 0.342 e. The number of halogens is 2. The molecular weight excluding hydrogens is 329 g/mol. The zero-order valence-electron chi connectivity index (χ0n) is 11.9. The molecule has 4 N–H and O–H groups in total. The lowest BCUT2D eigenvalue weighted by molar-refractivity contribution is -0.156. The Bertz CT molecular complexity index is 686. The highest BCUT2D eigenvalue weighted by Gasteiger charge is 2.85. The number of carbonyl (C=O) groups is 2. The average Bonchev–Trinajstić information content (AvgIpc) is 2.96. The van der Waals surface area contributed by atoms with Gasteiger partial charge in [-0.1, -0.05) is 29.8 Å². The van der Waals surface area contributed by atoms with Crippen LogP contribution in [0.2, 0.25) is 5.02 Å². The zero-order valence-corrected chi connectivity index (χ0v) is 12.7. The molecule has 8 heteroatoms. The lowest BCUT2D eigenvalue weighted by Gasteiger charge is -2.31. The standard InChI is InChI=1S/C15H15ClFNO5/c16-9-4-2-1-3-7(9)6-23-10-5-8-11(14(8,17)12(19)20)15(10,18)13(21)22/h1-4,8,10-11H,5-6,18H2,(H,19,20)(H,21,22)/t8-,10-,11+,14-,15+/m1/s1. The van der Waals surface area contributed by atoms with E-state index in [4.69, 9.17) is 27.2 Å². The van der Waals surface area contributed by atoms with Crippen molar-refractivity contribution in [1.29, 1.82) is 0 Å². The van der Waals surface area contributed by atoms with Crippen LogP contribution < -0.4 is 5.73 Å². The Morgan fingerprint density at radius 3 is 2.57 bits per heavy atom. The van der Waals surface area contributed by atoms with Gasteiger partial charge in [-0.05, 0) is 18.1 Å². The molecule has 0 saturated heterocycles. The van der Waals surface area contributed by atoms with Crippen LogP contribution in [0.5, 0.6) is 0 Å². The van der Waals surface area contributed by atoms with Gasteiger partial charge in [0.25, 0.3) is 0 Å².